The Morgan fingerprint density at radius 1 is 1.06 bits per heavy atom. The molecular weight excluding hydrogens is 274 g/mol. The van der Waals surface area contributed by atoms with E-state index in [2.05, 4.69) is 63.4 Å². The fraction of sp³-hybridized carbons (Fsp3) is 0.0667. The molecule has 0 atom stereocenters. The Morgan fingerprint density at radius 3 is 2.88 bits per heavy atom. The highest BCUT2D eigenvalue weighted by Crippen LogP contribution is 2.41. The van der Waals surface area contributed by atoms with Crippen LogP contribution in [0.25, 0.3) is 22.2 Å². The monoisotopic (exact) mass is 283 g/mol. The van der Waals surface area contributed by atoms with Gasteiger partial charge in [0.15, 0.2) is 0 Å². The summed E-state index contributed by atoms with van der Waals surface area (Å²) in [5.41, 5.74) is 6.74. The third-order valence-corrected chi connectivity index (χ3v) is 4.01. The van der Waals surface area contributed by atoms with Crippen molar-refractivity contribution in [3.63, 3.8) is 0 Å². The minimum absolute atomic E-state index is 1.04. The van der Waals surface area contributed by atoms with Crippen molar-refractivity contribution in [3.05, 3.63) is 58.1 Å². The number of halogens is 1. The largest absolute Gasteiger partial charge is 0.354 e. The number of fused-ring (bicyclic) bond motifs is 5. The molecule has 0 saturated heterocycles. The third-order valence-electron chi connectivity index (χ3n) is 3.52. The van der Waals surface area contributed by atoms with Gasteiger partial charge in [0, 0.05) is 27.4 Å². The van der Waals surface area contributed by atoms with Gasteiger partial charge in [-0.2, -0.15) is 0 Å². The van der Waals surface area contributed by atoms with Crippen LogP contribution in [0.3, 0.4) is 0 Å². The van der Waals surface area contributed by atoms with Gasteiger partial charge in [0.25, 0.3) is 0 Å². The van der Waals surface area contributed by atoms with E-state index in [0.717, 1.165) is 10.9 Å². The van der Waals surface area contributed by atoms with Gasteiger partial charge < -0.3 is 4.98 Å². The molecule has 1 aliphatic carbocycles. The summed E-state index contributed by atoms with van der Waals surface area (Å²) < 4.78 is 1.16. The van der Waals surface area contributed by atoms with Crippen LogP contribution in [0.4, 0.5) is 0 Å². The van der Waals surface area contributed by atoms with Crippen molar-refractivity contribution in [1.29, 1.82) is 0 Å². The fourth-order valence-corrected chi connectivity index (χ4v) is 3.16. The van der Waals surface area contributed by atoms with Gasteiger partial charge in [-0.1, -0.05) is 40.2 Å². The Kier molecular flexibility index (Phi) is 1.80. The van der Waals surface area contributed by atoms with Crippen LogP contribution in [-0.4, -0.2) is 4.98 Å². The van der Waals surface area contributed by atoms with E-state index >= 15 is 0 Å². The minimum Gasteiger partial charge on any atom is -0.354 e. The van der Waals surface area contributed by atoms with E-state index < -0.39 is 0 Å². The molecule has 0 unspecified atom stereocenters. The van der Waals surface area contributed by atoms with Gasteiger partial charge in [0.2, 0.25) is 0 Å². The van der Waals surface area contributed by atoms with Crippen molar-refractivity contribution in [2.75, 3.05) is 0 Å². The summed E-state index contributed by atoms with van der Waals surface area (Å²) in [6, 6.07) is 15.1. The molecule has 0 fully saturated rings. The van der Waals surface area contributed by atoms with E-state index in [9.17, 15) is 0 Å². The molecular formula is C15H10BrN. The molecule has 17 heavy (non-hydrogen) atoms. The molecule has 1 heterocycles. The zero-order chi connectivity index (χ0) is 11.4. The standard InChI is InChI=1S/C15H10BrN/c16-10-5-6-11-9(7-10)8-13-12-3-1-2-4-14(12)17-15(11)13/h1-7,17H,8H2. The SMILES string of the molecule is Brc1ccc2c(c1)Cc1c-2[nH]c2ccccc12. The number of hydrogen-bond donors (Lipinski definition) is 1. The number of benzene rings is 2. The van der Waals surface area contributed by atoms with Crippen molar-refractivity contribution in [1.82, 2.24) is 4.98 Å². The number of nitrogens with one attached hydrogen (secondary N) is 1. The third kappa shape index (κ3) is 1.25. The molecule has 0 aliphatic heterocycles. The quantitative estimate of drug-likeness (QED) is 0.489. The zero-order valence-corrected chi connectivity index (χ0v) is 10.7. The van der Waals surface area contributed by atoms with Crippen LogP contribution in [0.1, 0.15) is 11.1 Å². The predicted octanol–water partition coefficient (Wildman–Crippen LogP) is 4.50. The first-order chi connectivity index (χ1) is 8.33. The Labute approximate surface area is 108 Å². The van der Waals surface area contributed by atoms with Gasteiger partial charge in [-0.15, -0.1) is 0 Å². The van der Waals surface area contributed by atoms with Gasteiger partial charge in [-0.25, -0.2) is 0 Å². The maximum absolute atomic E-state index is 3.54. The van der Waals surface area contributed by atoms with Crippen molar-refractivity contribution in [3.8, 4) is 11.3 Å². The Hall–Kier alpha value is -1.54. The van der Waals surface area contributed by atoms with E-state index in [4.69, 9.17) is 0 Å². The Morgan fingerprint density at radius 2 is 1.94 bits per heavy atom. The van der Waals surface area contributed by atoms with Gasteiger partial charge in [0.1, 0.15) is 0 Å². The second-order valence-electron chi connectivity index (χ2n) is 4.50. The molecule has 0 bridgehead atoms. The molecule has 0 radical (unpaired) electrons. The number of aromatic nitrogens is 1. The van der Waals surface area contributed by atoms with E-state index in [1.165, 1.54) is 33.3 Å². The maximum Gasteiger partial charge on any atom is 0.0503 e. The fourth-order valence-electron chi connectivity index (χ4n) is 2.76. The smallest absolute Gasteiger partial charge is 0.0503 e. The molecule has 1 aliphatic rings. The summed E-state index contributed by atoms with van der Waals surface area (Å²) in [5.74, 6) is 0. The average molecular weight is 284 g/mol. The summed E-state index contributed by atoms with van der Waals surface area (Å²) in [6.07, 6.45) is 1.04. The lowest BCUT2D eigenvalue weighted by atomic mass is 10.1. The molecule has 0 spiro atoms. The van der Waals surface area contributed by atoms with Crippen LogP contribution in [0.15, 0.2) is 46.9 Å². The number of aromatic amines is 1. The maximum atomic E-state index is 3.54. The van der Waals surface area contributed by atoms with Crippen LogP contribution >= 0.6 is 15.9 Å². The van der Waals surface area contributed by atoms with Crippen LogP contribution < -0.4 is 0 Å². The molecule has 0 amide bonds. The summed E-state index contributed by atoms with van der Waals surface area (Å²) in [4.78, 5) is 3.54. The van der Waals surface area contributed by atoms with Gasteiger partial charge in [-0.3, -0.25) is 0 Å². The number of hydrogen-bond acceptors (Lipinski definition) is 0. The Bertz CT molecular complexity index is 740. The second kappa shape index (κ2) is 3.23. The highest BCUT2D eigenvalue weighted by Gasteiger charge is 2.22. The Balaban J connectivity index is 2.06. The average Bonchev–Trinajstić information content (AvgIpc) is 2.84. The van der Waals surface area contributed by atoms with Gasteiger partial charge >= 0.3 is 0 Å². The molecule has 1 aromatic heterocycles. The zero-order valence-electron chi connectivity index (χ0n) is 9.13. The lowest BCUT2D eigenvalue weighted by Gasteiger charge is -2.00. The summed E-state index contributed by atoms with van der Waals surface area (Å²) in [6.45, 7) is 0. The van der Waals surface area contributed by atoms with E-state index in [0.29, 0.717) is 0 Å². The number of rotatable bonds is 0. The first-order valence-corrected chi connectivity index (χ1v) is 6.50. The highest BCUT2D eigenvalue weighted by atomic mass is 79.9. The van der Waals surface area contributed by atoms with Crippen LogP contribution in [0.2, 0.25) is 0 Å². The summed E-state index contributed by atoms with van der Waals surface area (Å²) in [7, 11) is 0. The number of H-pyrrole nitrogens is 1. The van der Waals surface area contributed by atoms with E-state index in [1.54, 1.807) is 0 Å². The van der Waals surface area contributed by atoms with E-state index in [-0.39, 0.29) is 0 Å². The van der Waals surface area contributed by atoms with Crippen molar-refractivity contribution in [2.45, 2.75) is 6.42 Å². The topological polar surface area (TPSA) is 15.8 Å². The molecule has 3 aromatic rings. The second-order valence-corrected chi connectivity index (χ2v) is 5.42. The van der Waals surface area contributed by atoms with Crippen LogP contribution in [0.5, 0.6) is 0 Å². The summed E-state index contributed by atoms with van der Waals surface area (Å²) >= 11 is 3.54. The molecule has 2 heteroatoms. The predicted molar refractivity (Wildman–Crippen MR) is 74.2 cm³/mol. The first kappa shape index (κ1) is 9.49. The van der Waals surface area contributed by atoms with E-state index in [1.807, 2.05) is 0 Å². The molecule has 1 nitrogen and oxygen atoms in total. The molecule has 82 valence electrons. The minimum atomic E-state index is 1.04. The lowest BCUT2D eigenvalue weighted by Crippen LogP contribution is -1.82. The molecule has 1 N–H and O–H groups in total. The van der Waals surface area contributed by atoms with Crippen LogP contribution in [-0.2, 0) is 6.42 Å². The molecule has 2 aromatic carbocycles. The van der Waals surface area contributed by atoms with Crippen molar-refractivity contribution < 1.29 is 0 Å². The van der Waals surface area contributed by atoms with Gasteiger partial charge in [0.05, 0.1) is 5.69 Å². The van der Waals surface area contributed by atoms with Crippen LogP contribution in [0, 0.1) is 0 Å². The van der Waals surface area contributed by atoms with Crippen molar-refractivity contribution in [2.24, 2.45) is 0 Å². The number of para-hydroxylation sites is 1. The van der Waals surface area contributed by atoms with Gasteiger partial charge in [-0.05, 0) is 29.3 Å². The molecule has 4 rings (SSSR count). The highest BCUT2D eigenvalue weighted by molar-refractivity contribution is 9.10. The first-order valence-electron chi connectivity index (χ1n) is 5.71. The lowest BCUT2D eigenvalue weighted by molar-refractivity contribution is 1.28. The molecule has 0 saturated carbocycles. The normalized spacial score (nSPS) is 12.8. The van der Waals surface area contributed by atoms with Crippen molar-refractivity contribution >= 4 is 26.8 Å². The summed E-state index contributed by atoms with van der Waals surface area (Å²) in [5, 5.41) is 1.36.